The Morgan fingerprint density at radius 3 is 2.71 bits per heavy atom. The van der Waals surface area contributed by atoms with Gasteiger partial charge in [0.25, 0.3) is 0 Å². The number of methoxy groups -OCH3 is 2. The molecule has 0 bridgehead atoms. The maximum Gasteiger partial charge on any atom is 0.127 e. The number of rotatable bonds is 4. The van der Waals surface area contributed by atoms with Crippen molar-refractivity contribution >= 4 is 0 Å². The molecule has 0 spiro atoms. The fourth-order valence-corrected chi connectivity index (χ4v) is 2.74. The van der Waals surface area contributed by atoms with Gasteiger partial charge in [0.05, 0.1) is 20.8 Å². The molecule has 0 atom stereocenters. The Labute approximate surface area is 124 Å². The Morgan fingerprint density at radius 2 is 2.00 bits per heavy atom. The summed E-state index contributed by atoms with van der Waals surface area (Å²) in [6.45, 7) is 1.18. The van der Waals surface area contributed by atoms with Crippen LogP contribution in [0, 0.1) is 0 Å². The van der Waals surface area contributed by atoms with Gasteiger partial charge < -0.3 is 19.9 Å². The van der Waals surface area contributed by atoms with Crippen molar-refractivity contribution in [1.82, 2.24) is 0 Å². The van der Waals surface area contributed by atoms with E-state index in [1.807, 2.05) is 18.2 Å². The predicted molar refractivity (Wildman–Crippen MR) is 82.1 cm³/mol. The van der Waals surface area contributed by atoms with Gasteiger partial charge in [-0.05, 0) is 41.5 Å². The van der Waals surface area contributed by atoms with Gasteiger partial charge in [-0.1, -0.05) is 0 Å². The van der Waals surface area contributed by atoms with E-state index >= 15 is 0 Å². The van der Waals surface area contributed by atoms with E-state index in [4.69, 9.17) is 19.9 Å². The smallest absolute Gasteiger partial charge is 0.127 e. The van der Waals surface area contributed by atoms with Crippen LogP contribution < -0.4 is 19.9 Å². The van der Waals surface area contributed by atoms with Gasteiger partial charge in [-0.15, -0.1) is 0 Å². The summed E-state index contributed by atoms with van der Waals surface area (Å²) in [6.07, 6.45) is 0.919. The standard InChI is InChI=1S/C17H19NO3/c1-19-14-3-4-16(20-2)15(9-14)12-7-11-5-6-21-17(11)13(8-12)10-18/h3-4,7-9H,5-6,10,18H2,1-2H3. The van der Waals surface area contributed by atoms with Crippen LogP contribution in [0.15, 0.2) is 30.3 Å². The first-order valence-corrected chi connectivity index (χ1v) is 6.98. The van der Waals surface area contributed by atoms with Crippen LogP contribution in [0.25, 0.3) is 11.1 Å². The normalized spacial score (nSPS) is 12.7. The molecule has 0 saturated carbocycles. The molecule has 21 heavy (non-hydrogen) atoms. The second kappa shape index (κ2) is 5.66. The van der Waals surface area contributed by atoms with Gasteiger partial charge in [0.1, 0.15) is 17.2 Å². The highest BCUT2D eigenvalue weighted by molar-refractivity contribution is 5.74. The molecule has 0 aliphatic carbocycles. The monoisotopic (exact) mass is 285 g/mol. The highest BCUT2D eigenvalue weighted by atomic mass is 16.5. The maximum absolute atomic E-state index is 5.86. The van der Waals surface area contributed by atoms with E-state index in [0.717, 1.165) is 47.0 Å². The van der Waals surface area contributed by atoms with E-state index in [1.54, 1.807) is 14.2 Å². The summed E-state index contributed by atoms with van der Waals surface area (Å²) < 4.78 is 16.5. The molecule has 3 rings (SSSR count). The van der Waals surface area contributed by atoms with Gasteiger partial charge in [0.2, 0.25) is 0 Å². The summed E-state index contributed by atoms with van der Waals surface area (Å²) in [7, 11) is 3.33. The van der Waals surface area contributed by atoms with Crippen LogP contribution in [-0.2, 0) is 13.0 Å². The third-order valence-corrected chi connectivity index (χ3v) is 3.80. The van der Waals surface area contributed by atoms with E-state index in [9.17, 15) is 0 Å². The van der Waals surface area contributed by atoms with Crippen LogP contribution in [0.2, 0.25) is 0 Å². The average molecular weight is 285 g/mol. The fraction of sp³-hybridized carbons (Fsp3) is 0.294. The topological polar surface area (TPSA) is 53.7 Å². The number of benzene rings is 2. The summed E-state index contributed by atoms with van der Waals surface area (Å²) in [6, 6.07) is 10.0. The lowest BCUT2D eigenvalue weighted by Gasteiger charge is -2.14. The summed E-state index contributed by atoms with van der Waals surface area (Å²) in [5.74, 6) is 2.57. The van der Waals surface area contributed by atoms with Crippen molar-refractivity contribution in [2.75, 3.05) is 20.8 Å². The highest BCUT2D eigenvalue weighted by Crippen LogP contribution is 2.39. The molecule has 4 nitrogen and oxygen atoms in total. The second-order valence-corrected chi connectivity index (χ2v) is 4.99. The first-order valence-electron chi connectivity index (χ1n) is 6.98. The molecule has 1 aliphatic heterocycles. The molecule has 0 aromatic heterocycles. The lowest BCUT2D eigenvalue weighted by Crippen LogP contribution is -2.00. The molecule has 0 radical (unpaired) electrons. The van der Waals surface area contributed by atoms with Crippen LogP contribution in [0.1, 0.15) is 11.1 Å². The van der Waals surface area contributed by atoms with Crippen molar-refractivity contribution in [3.8, 4) is 28.4 Å². The van der Waals surface area contributed by atoms with Crippen molar-refractivity contribution < 1.29 is 14.2 Å². The number of ether oxygens (including phenoxy) is 3. The van der Waals surface area contributed by atoms with Crippen molar-refractivity contribution in [3.63, 3.8) is 0 Å². The van der Waals surface area contributed by atoms with Gasteiger partial charge in [0.15, 0.2) is 0 Å². The van der Waals surface area contributed by atoms with Crippen molar-refractivity contribution in [3.05, 3.63) is 41.5 Å². The SMILES string of the molecule is COc1ccc(OC)c(-c2cc(CN)c3c(c2)CCO3)c1. The fourth-order valence-electron chi connectivity index (χ4n) is 2.74. The first kappa shape index (κ1) is 13.8. The third-order valence-electron chi connectivity index (χ3n) is 3.80. The molecule has 2 N–H and O–H groups in total. The Balaban J connectivity index is 2.16. The zero-order chi connectivity index (χ0) is 14.8. The van der Waals surface area contributed by atoms with Gasteiger partial charge in [-0.2, -0.15) is 0 Å². The quantitative estimate of drug-likeness (QED) is 0.938. The summed E-state index contributed by atoms with van der Waals surface area (Å²) in [4.78, 5) is 0. The minimum atomic E-state index is 0.461. The van der Waals surface area contributed by atoms with Crippen LogP contribution in [0.5, 0.6) is 17.2 Å². The lowest BCUT2D eigenvalue weighted by atomic mass is 9.97. The van der Waals surface area contributed by atoms with Crippen LogP contribution in [0.4, 0.5) is 0 Å². The summed E-state index contributed by atoms with van der Waals surface area (Å²) >= 11 is 0. The van der Waals surface area contributed by atoms with E-state index in [-0.39, 0.29) is 0 Å². The molecule has 4 heteroatoms. The molecular weight excluding hydrogens is 266 g/mol. The summed E-state index contributed by atoms with van der Waals surface area (Å²) in [5, 5.41) is 0. The molecule has 2 aromatic carbocycles. The molecule has 2 aromatic rings. The third kappa shape index (κ3) is 2.43. The largest absolute Gasteiger partial charge is 0.497 e. The minimum absolute atomic E-state index is 0.461. The number of fused-ring (bicyclic) bond motifs is 1. The maximum atomic E-state index is 5.86. The average Bonchev–Trinajstić information content (AvgIpc) is 3.01. The molecule has 0 unspecified atom stereocenters. The first-order chi connectivity index (χ1) is 10.3. The Bertz CT molecular complexity index is 667. The molecule has 1 heterocycles. The molecule has 1 aliphatic rings. The summed E-state index contributed by atoms with van der Waals surface area (Å²) in [5.41, 5.74) is 10.2. The van der Waals surface area contributed by atoms with E-state index in [1.165, 1.54) is 5.56 Å². The highest BCUT2D eigenvalue weighted by Gasteiger charge is 2.19. The van der Waals surface area contributed by atoms with Gasteiger partial charge in [0, 0.05) is 24.1 Å². The van der Waals surface area contributed by atoms with Crippen LogP contribution >= 0.6 is 0 Å². The Hall–Kier alpha value is -2.20. The molecule has 0 amide bonds. The van der Waals surface area contributed by atoms with Gasteiger partial charge >= 0.3 is 0 Å². The Morgan fingerprint density at radius 1 is 1.14 bits per heavy atom. The molecular formula is C17H19NO3. The van der Waals surface area contributed by atoms with Crippen molar-refractivity contribution in [1.29, 1.82) is 0 Å². The molecule has 110 valence electrons. The minimum Gasteiger partial charge on any atom is -0.497 e. The van der Waals surface area contributed by atoms with E-state index in [2.05, 4.69) is 12.1 Å². The lowest BCUT2D eigenvalue weighted by molar-refractivity contribution is 0.353. The van der Waals surface area contributed by atoms with Crippen molar-refractivity contribution in [2.45, 2.75) is 13.0 Å². The number of hydrogen-bond donors (Lipinski definition) is 1. The van der Waals surface area contributed by atoms with E-state index in [0.29, 0.717) is 6.54 Å². The second-order valence-electron chi connectivity index (χ2n) is 4.99. The number of hydrogen-bond acceptors (Lipinski definition) is 4. The van der Waals surface area contributed by atoms with Crippen LogP contribution in [-0.4, -0.2) is 20.8 Å². The van der Waals surface area contributed by atoms with Gasteiger partial charge in [-0.25, -0.2) is 0 Å². The Kier molecular flexibility index (Phi) is 3.71. The molecule has 0 fully saturated rings. The zero-order valence-electron chi connectivity index (χ0n) is 12.3. The molecule has 0 saturated heterocycles. The van der Waals surface area contributed by atoms with Gasteiger partial charge in [-0.3, -0.25) is 0 Å². The zero-order valence-corrected chi connectivity index (χ0v) is 12.3. The van der Waals surface area contributed by atoms with Crippen LogP contribution in [0.3, 0.4) is 0 Å². The van der Waals surface area contributed by atoms with Crippen molar-refractivity contribution in [2.24, 2.45) is 5.73 Å². The number of nitrogens with two attached hydrogens (primary N) is 1. The predicted octanol–water partition coefficient (Wildman–Crippen LogP) is 2.76. The van der Waals surface area contributed by atoms with E-state index < -0.39 is 0 Å².